The maximum Gasteiger partial charge on any atom is 0.257 e. The monoisotopic (exact) mass is 422 g/mol. The molecule has 2 aliphatic rings. The molecular formula is C17H18N4O5S2. The number of fused-ring (bicyclic) bond motifs is 1. The fraction of sp³-hybridized carbons (Fsp3) is 0.412. The number of anilines is 1. The van der Waals surface area contributed by atoms with E-state index in [1.807, 2.05) is 0 Å². The van der Waals surface area contributed by atoms with E-state index < -0.39 is 0 Å². The van der Waals surface area contributed by atoms with Gasteiger partial charge in [-0.1, -0.05) is 23.1 Å². The molecule has 0 aliphatic carbocycles. The summed E-state index contributed by atoms with van der Waals surface area (Å²) in [6.45, 7) is 1.45. The van der Waals surface area contributed by atoms with Crippen molar-refractivity contribution >= 4 is 40.0 Å². The maximum atomic E-state index is 12.3. The van der Waals surface area contributed by atoms with Crippen LogP contribution in [0.3, 0.4) is 0 Å². The van der Waals surface area contributed by atoms with E-state index in [2.05, 4.69) is 20.8 Å². The molecular weight excluding hydrogens is 404 g/mol. The Morgan fingerprint density at radius 2 is 2.14 bits per heavy atom. The third-order valence-corrected chi connectivity index (χ3v) is 6.11. The molecule has 148 valence electrons. The molecule has 28 heavy (non-hydrogen) atoms. The number of carbonyl (C=O) groups excluding carboxylic acids is 2. The molecule has 1 fully saturated rings. The second-order valence-electron chi connectivity index (χ2n) is 6.12. The summed E-state index contributed by atoms with van der Waals surface area (Å²) in [6.07, 6.45) is 2.14. The molecule has 11 heteroatoms. The highest BCUT2D eigenvalue weighted by Crippen LogP contribution is 2.33. The zero-order valence-electron chi connectivity index (χ0n) is 14.8. The molecule has 1 saturated heterocycles. The molecule has 2 N–H and O–H groups in total. The number of hydrogen-bond acceptors (Lipinski definition) is 9. The number of hydrogen-bond donors (Lipinski definition) is 2. The first-order valence-corrected chi connectivity index (χ1v) is 10.5. The highest BCUT2D eigenvalue weighted by Gasteiger charge is 2.18. The molecule has 0 saturated carbocycles. The van der Waals surface area contributed by atoms with E-state index in [9.17, 15) is 9.59 Å². The summed E-state index contributed by atoms with van der Waals surface area (Å²) in [4.78, 5) is 24.3. The Bertz CT molecular complexity index is 869. The van der Waals surface area contributed by atoms with Crippen LogP contribution in [-0.4, -0.2) is 53.8 Å². The fourth-order valence-corrected chi connectivity index (χ4v) is 4.31. The lowest BCUT2D eigenvalue weighted by Gasteiger charge is -2.09. The Kier molecular flexibility index (Phi) is 5.93. The molecule has 4 rings (SSSR count). The van der Waals surface area contributed by atoms with Gasteiger partial charge in [0.05, 0.1) is 11.9 Å². The van der Waals surface area contributed by atoms with Gasteiger partial charge in [-0.2, -0.15) is 0 Å². The van der Waals surface area contributed by atoms with Gasteiger partial charge in [0, 0.05) is 18.7 Å². The summed E-state index contributed by atoms with van der Waals surface area (Å²) >= 11 is 2.49. The number of nitrogens with zero attached hydrogens (tertiary/aromatic N) is 2. The number of nitrogens with one attached hydrogen (secondary N) is 2. The van der Waals surface area contributed by atoms with Crippen LogP contribution in [0.5, 0.6) is 11.5 Å². The minimum atomic E-state index is -0.319. The summed E-state index contributed by atoms with van der Waals surface area (Å²) in [6, 6.07) is 4.96. The number of benzene rings is 1. The number of rotatable bonds is 7. The summed E-state index contributed by atoms with van der Waals surface area (Å²) in [5.41, 5.74) is 0.433. The van der Waals surface area contributed by atoms with Gasteiger partial charge in [0.1, 0.15) is 0 Å². The molecule has 0 radical (unpaired) electrons. The van der Waals surface area contributed by atoms with Gasteiger partial charge in [0.25, 0.3) is 5.91 Å². The molecule has 0 bridgehead atoms. The minimum absolute atomic E-state index is 0.0818. The SMILES string of the molecule is O=C(CSc1nnc(NC(=O)c2ccc3c(c2)OCO3)s1)NCC1CCCO1. The number of carbonyl (C=O) groups is 2. The lowest BCUT2D eigenvalue weighted by molar-refractivity contribution is -0.119. The quantitative estimate of drug-likeness (QED) is 0.514. The van der Waals surface area contributed by atoms with Crippen LogP contribution in [0.4, 0.5) is 5.13 Å². The van der Waals surface area contributed by atoms with Crippen molar-refractivity contribution in [3.05, 3.63) is 23.8 Å². The van der Waals surface area contributed by atoms with Crippen molar-refractivity contribution in [1.82, 2.24) is 15.5 Å². The van der Waals surface area contributed by atoms with Gasteiger partial charge in [-0.3, -0.25) is 14.9 Å². The molecule has 2 aromatic rings. The Hall–Kier alpha value is -2.37. The lowest BCUT2D eigenvalue weighted by Crippen LogP contribution is -2.32. The van der Waals surface area contributed by atoms with Crippen molar-refractivity contribution in [2.24, 2.45) is 0 Å². The molecule has 1 aromatic carbocycles. The lowest BCUT2D eigenvalue weighted by atomic mass is 10.2. The molecule has 1 unspecified atom stereocenters. The van der Waals surface area contributed by atoms with E-state index in [-0.39, 0.29) is 30.5 Å². The Labute approximate surface area is 169 Å². The Balaban J connectivity index is 1.24. The van der Waals surface area contributed by atoms with E-state index in [4.69, 9.17) is 14.2 Å². The molecule has 2 amide bonds. The second kappa shape index (κ2) is 8.76. The van der Waals surface area contributed by atoms with Crippen LogP contribution in [0.25, 0.3) is 0 Å². The Morgan fingerprint density at radius 1 is 1.25 bits per heavy atom. The van der Waals surface area contributed by atoms with Gasteiger partial charge in [0.15, 0.2) is 15.8 Å². The molecule has 9 nitrogen and oxygen atoms in total. The zero-order valence-corrected chi connectivity index (χ0v) is 16.4. The van der Waals surface area contributed by atoms with Crippen molar-refractivity contribution in [3.63, 3.8) is 0 Å². The zero-order chi connectivity index (χ0) is 19.3. The van der Waals surface area contributed by atoms with Crippen molar-refractivity contribution in [2.75, 3.05) is 31.0 Å². The van der Waals surface area contributed by atoms with E-state index in [0.29, 0.717) is 33.1 Å². The van der Waals surface area contributed by atoms with E-state index in [1.165, 1.54) is 23.1 Å². The molecule has 0 spiro atoms. The molecule has 1 aromatic heterocycles. The average molecular weight is 422 g/mol. The number of amides is 2. The highest BCUT2D eigenvalue weighted by molar-refractivity contribution is 8.01. The normalized spacial score (nSPS) is 17.5. The van der Waals surface area contributed by atoms with Crippen LogP contribution in [0.2, 0.25) is 0 Å². The van der Waals surface area contributed by atoms with Gasteiger partial charge in [0.2, 0.25) is 17.8 Å². The topological polar surface area (TPSA) is 112 Å². The molecule has 2 aliphatic heterocycles. The van der Waals surface area contributed by atoms with Crippen LogP contribution in [0, 0.1) is 0 Å². The first-order valence-electron chi connectivity index (χ1n) is 8.73. The van der Waals surface area contributed by atoms with E-state index in [0.717, 1.165) is 19.4 Å². The highest BCUT2D eigenvalue weighted by atomic mass is 32.2. The van der Waals surface area contributed by atoms with Gasteiger partial charge in [-0.05, 0) is 31.0 Å². The first kappa shape index (κ1) is 19.0. The minimum Gasteiger partial charge on any atom is -0.454 e. The van der Waals surface area contributed by atoms with E-state index in [1.54, 1.807) is 18.2 Å². The number of aromatic nitrogens is 2. The fourth-order valence-electron chi connectivity index (χ4n) is 2.74. The predicted octanol–water partition coefficient (Wildman–Crippen LogP) is 1.91. The van der Waals surface area contributed by atoms with Crippen molar-refractivity contribution in [1.29, 1.82) is 0 Å². The predicted molar refractivity (Wildman–Crippen MR) is 103 cm³/mol. The number of ether oxygens (including phenoxy) is 3. The van der Waals surface area contributed by atoms with Crippen LogP contribution in [0.1, 0.15) is 23.2 Å². The standard InChI is InChI=1S/C17H18N4O5S2/c22-14(18-7-11-2-1-5-24-11)8-27-17-21-20-16(28-17)19-15(23)10-3-4-12-13(6-10)26-9-25-12/h3-4,6,11H,1-2,5,7-9H2,(H,18,22)(H,19,20,23). The smallest absolute Gasteiger partial charge is 0.257 e. The van der Waals surface area contributed by atoms with Crippen molar-refractivity contribution < 1.29 is 23.8 Å². The van der Waals surface area contributed by atoms with Crippen LogP contribution in [0.15, 0.2) is 22.5 Å². The maximum absolute atomic E-state index is 12.3. The third-order valence-electron chi connectivity index (χ3n) is 4.14. The number of thioether (sulfide) groups is 1. The summed E-state index contributed by atoms with van der Waals surface area (Å²) in [5, 5.41) is 13.9. The van der Waals surface area contributed by atoms with Crippen LogP contribution in [-0.2, 0) is 9.53 Å². The second-order valence-corrected chi connectivity index (χ2v) is 8.32. The first-order chi connectivity index (χ1) is 13.7. The van der Waals surface area contributed by atoms with E-state index >= 15 is 0 Å². The average Bonchev–Trinajstić information content (AvgIpc) is 3.45. The summed E-state index contributed by atoms with van der Waals surface area (Å²) in [5.74, 6) is 0.985. The van der Waals surface area contributed by atoms with Crippen molar-refractivity contribution in [2.45, 2.75) is 23.3 Å². The van der Waals surface area contributed by atoms with Gasteiger partial charge >= 0.3 is 0 Å². The van der Waals surface area contributed by atoms with Gasteiger partial charge in [-0.15, -0.1) is 10.2 Å². The van der Waals surface area contributed by atoms with Crippen LogP contribution < -0.4 is 20.1 Å². The van der Waals surface area contributed by atoms with Crippen LogP contribution >= 0.6 is 23.1 Å². The van der Waals surface area contributed by atoms with Gasteiger partial charge < -0.3 is 19.5 Å². The third kappa shape index (κ3) is 4.72. The molecule has 1 atom stereocenters. The summed E-state index contributed by atoms with van der Waals surface area (Å²) < 4.78 is 16.6. The van der Waals surface area contributed by atoms with Gasteiger partial charge in [-0.25, -0.2) is 0 Å². The Morgan fingerprint density at radius 3 is 3.00 bits per heavy atom. The largest absolute Gasteiger partial charge is 0.454 e. The molecule has 3 heterocycles. The van der Waals surface area contributed by atoms with Crippen molar-refractivity contribution in [3.8, 4) is 11.5 Å². The summed E-state index contributed by atoms with van der Waals surface area (Å²) in [7, 11) is 0.